The Bertz CT molecular complexity index is 905. The summed E-state index contributed by atoms with van der Waals surface area (Å²) in [6, 6.07) is 4.95. The molecule has 1 heterocycles. The maximum Gasteiger partial charge on any atom is 0.243 e. The Kier molecular flexibility index (Phi) is 7.07. The second-order valence-electron chi connectivity index (χ2n) is 6.14. The number of hydrogen-bond donors (Lipinski definition) is 1. The van der Waals surface area contributed by atoms with E-state index < -0.39 is 10.0 Å². The van der Waals surface area contributed by atoms with E-state index in [4.69, 9.17) is 0 Å². The number of nitrogens with zero attached hydrogens (tertiary/aromatic N) is 3. The molecular formula is C18H26N4O3S2. The van der Waals surface area contributed by atoms with Crippen molar-refractivity contribution in [1.29, 1.82) is 0 Å². The maximum atomic E-state index is 12.8. The van der Waals surface area contributed by atoms with E-state index in [9.17, 15) is 13.2 Å². The van der Waals surface area contributed by atoms with Crippen molar-refractivity contribution >= 4 is 33.4 Å². The first kappa shape index (κ1) is 21.5. The average molecular weight is 411 g/mol. The first-order valence-electron chi connectivity index (χ1n) is 8.76. The number of sulfonamides is 1. The van der Waals surface area contributed by atoms with Crippen LogP contribution in [0.2, 0.25) is 0 Å². The normalized spacial score (nSPS) is 13.0. The van der Waals surface area contributed by atoms with Crippen molar-refractivity contribution in [3.8, 4) is 0 Å². The Hall–Kier alpha value is -1.84. The molecule has 0 aliphatic heterocycles. The van der Waals surface area contributed by atoms with Gasteiger partial charge in [0.1, 0.15) is 0 Å². The largest absolute Gasteiger partial charge is 0.329 e. The van der Waals surface area contributed by atoms with Gasteiger partial charge in [-0.15, -0.1) is 0 Å². The summed E-state index contributed by atoms with van der Waals surface area (Å²) >= 11 is 1.34. The number of aryl methyl sites for hydroxylation is 2. The molecule has 0 aliphatic carbocycles. The summed E-state index contributed by atoms with van der Waals surface area (Å²) in [4.78, 5) is 16.9. The third kappa shape index (κ3) is 4.91. The Labute approximate surface area is 165 Å². The smallest absolute Gasteiger partial charge is 0.243 e. The highest BCUT2D eigenvalue weighted by atomic mass is 32.2. The summed E-state index contributed by atoms with van der Waals surface area (Å²) in [5.74, 6) is -0.210. The van der Waals surface area contributed by atoms with Gasteiger partial charge in [0.25, 0.3) is 0 Å². The van der Waals surface area contributed by atoms with Crippen LogP contribution in [0.4, 0.5) is 5.69 Å². The quantitative estimate of drug-likeness (QED) is 0.677. The summed E-state index contributed by atoms with van der Waals surface area (Å²) in [5.41, 5.74) is 1.11. The van der Waals surface area contributed by atoms with Crippen LogP contribution in [0.5, 0.6) is 0 Å². The molecule has 9 heteroatoms. The summed E-state index contributed by atoms with van der Waals surface area (Å²) in [7, 11) is -1.73. The van der Waals surface area contributed by atoms with E-state index in [1.807, 2.05) is 17.8 Å². The minimum Gasteiger partial charge on any atom is -0.329 e. The van der Waals surface area contributed by atoms with E-state index in [-0.39, 0.29) is 16.1 Å². The fourth-order valence-electron chi connectivity index (χ4n) is 2.58. The summed E-state index contributed by atoms with van der Waals surface area (Å²) < 4.78 is 28.9. The monoisotopic (exact) mass is 410 g/mol. The van der Waals surface area contributed by atoms with Crippen molar-refractivity contribution in [2.45, 2.75) is 43.0 Å². The number of benzene rings is 1. The molecule has 148 valence electrons. The number of thioether (sulfide) groups is 1. The molecule has 7 nitrogen and oxygen atoms in total. The first-order valence-corrected chi connectivity index (χ1v) is 11.1. The zero-order valence-electron chi connectivity index (χ0n) is 16.3. The topological polar surface area (TPSA) is 84.3 Å². The number of aromatic nitrogens is 2. The number of nitrogens with one attached hydrogen (secondary N) is 1. The minimum atomic E-state index is -3.59. The summed E-state index contributed by atoms with van der Waals surface area (Å²) in [6.07, 6.45) is 3.49. The Morgan fingerprint density at radius 1 is 1.33 bits per heavy atom. The van der Waals surface area contributed by atoms with Crippen molar-refractivity contribution in [3.05, 3.63) is 36.2 Å². The standard InChI is InChI=1S/C18H26N4O3S2/c1-6-22(7-2)27(24,25)16-12-15(9-8-13(16)3)20-17(23)14(4)26-18-19-10-11-21(18)5/h8-12,14H,6-7H2,1-5H3,(H,20,23). The lowest BCUT2D eigenvalue weighted by Crippen LogP contribution is -2.31. The molecule has 0 spiro atoms. The van der Waals surface area contributed by atoms with Crippen LogP contribution in [0.3, 0.4) is 0 Å². The molecule has 0 saturated carbocycles. The highest BCUT2D eigenvalue weighted by Gasteiger charge is 2.24. The van der Waals surface area contributed by atoms with E-state index in [2.05, 4.69) is 10.3 Å². The lowest BCUT2D eigenvalue weighted by atomic mass is 10.2. The summed E-state index contributed by atoms with van der Waals surface area (Å²) in [5, 5.41) is 3.17. The number of hydrogen-bond acceptors (Lipinski definition) is 5. The predicted molar refractivity (Wildman–Crippen MR) is 108 cm³/mol. The zero-order chi connectivity index (χ0) is 20.2. The molecule has 1 amide bonds. The van der Waals surface area contributed by atoms with E-state index in [1.54, 1.807) is 46.0 Å². The number of anilines is 1. The fraction of sp³-hybridized carbons (Fsp3) is 0.444. The van der Waals surface area contributed by atoms with Crippen molar-refractivity contribution in [2.75, 3.05) is 18.4 Å². The van der Waals surface area contributed by atoms with Crippen LogP contribution in [-0.2, 0) is 21.9 Å². The van der Waals surface area contributed by atoms with Gasteiger partial charge in [0.05, 0.1) is 10.1 Å². The number of rotatable bonds is 8. The number of imidazole rings is 1. The molecule has 0 fully saturated rings. The van der Waals surface area contributed by atoms with Crippen molar-refractivity contribution in [1.82, 2.24) is 13.9 Å². The number of amides is 1. The van der Waals surface area contributed by atoms with Gasteiger partial charge in [-0.1, -0.05) is 31.7 Å². The van der Waals surface area contributed by atoms with Crippen LogP contribution >= 0.6 is 11.8 Å². The predicted octanol–water partition coefficient (Wildman–Crippen LogP) is 2.88. The molecule has 0 radical (unpaired) electrons. The van der Waals surface area contributed by atoms with E-state index in [0.717, 1.165) is 5.16 Å². The maximum absolute atomic E-state index is 12.8. The molecule has 27 heavy (non-hydrogen) atoms. The van der Waals surface area contributed by atoms with Crippen LogP contribution in [0.1, 0.15) is 26.3 Å². The molecule has 0 saturated heterocycles. The highest BCUT2D eigenvalue weighted by molar-refractivity contribution is 8.00. The van der Waals surface area contributed by atoms with Gasteiger partial charge in [-0.25, -0.2) is 13.4 Å². The highest BCUT2D eigenvalue weighted by Crippen LogP contribution is 2.25. The van der Waals surface area contributed by atoms with Gasteiger partial charge >= 0.3 is 0 Å². The van der Waals surface area contributed by atoms with Crippen LogP contribution < -0.4 is 5.32 Å². The van der Waals surface area contributed by atoms with Crippen molar-refractivity contribution in [3.63, 3.8) is 0 Å². The Morgan fingerprint density at radius 3 is 2.56 bits per heavy atom. The molecule has 0 bridgehead atoms. The van der Waals surface area contributed by atoms with Gasteiger partial charge in [0.2, 0.25) is 15.9 Å². The molecule has 1 unspecified atom stereocenters. The second-order valence-corrected chi connectivity index (χ2v) is 9.35. The van der Waals surface area contributed by atoms with E-state index in [1.165, 1.54) is 22.1 Å². The van der Waals surface area contributed by atoms with Crippen LogP contribution in [0.25, 0.3) is 0 Å². The van der Waals surface area contributed by atoms with Gasteiger partial charge in [-0.05, 0) is 31.5 Å². The lowest BCUT2D eigenvalue weighted by Gasteiger charge is -2.20. The average Bonchev–Trinajstić information content (AvgIpc) is 3.02. The Balaban J connectivity index is 2.20. The molecule has 1 aromatic carbocycles. The molecule has 0 aliphatic rings. The molecule has 1 aromatic heterocycles. The number of carbonyl (C=O) groups is 1. The molecule has 2 aromatic rings. The summed E-state index contributed by atoms with van der Waals surface area (Å²) in [6.45, 7) is 7.94. The van der Waals surface area contributed by atoms with Gasteiger partial charge in [-0.2, -0.15) is 4.31 Å². The first-order chi connectivity index (χ1) is 12.7. The molecule has 2 rings (SSSR count). The molecule has 1 N–H and O–H groups in total. The Morgan fingerprint density at radius 2 is 2.00 bits per heavy atom. The van der Waals surface area contributed by atoms with Gasteiger partial charge < -0.3 is 9.88 Å². The minimum absolute atomic E-state index is 0.210. The van der Waals surface area contributed by atoms with Crippen LogP contribution in [-0.4, -0.2) is 46.5 Å². The van der Waals surface area contributed by atoms with Gasteiger partial charge in [0.15, 0.2) is 5.16 Å². The van der Waals surface area contributed by atoms with Crippen LogP contribution in [0, 0.1) is 6.92 Å². The van der Waals surface area contributed by atoms with E-state index >= 15 is 0 Å². The number of carbonyl (C=O) groups excluding carboxylic acids is 1. The van der Waals surface area contributed by atoms with Crippen LogP contribution in [0.15, 0.2) is 40.6 Å². The third-order valence-electron chi connectivity index (χ3n) is 4.21. The molecule has 1 atom stereocenters. The SMILES string of the molecule is CCN(CC)S(=O)(=O)c1cc(NC(=O)C(C)Sc2nccn2C)ccc1C. The van der Waals surface area contributed by atoms with Gasteiger partial charge in [-0.3, -0.25) is 4.79 Å². The van der Waals surface area contributed by atoms with Crippen molar-refractivity contribution in [2.24, 2.45) is 7.05 Å². The molecular weight excluding hydrogens is 384 g/mol. The van der Waals surface area contributed by atoms with E-state index in [0.29, 0.717) is 24.3 Å². The zero-order valence-corrected chi connectivity index (χ0v) is 17.9. The lowest BCUT2D eigenvalue weighted by molar-refractivity contribution is -0.115. The fourth-order valence-corrected chi connectivity index (χ4v) is 5.12. The second kappa shape index (κ2) is 8.90. The van der Waals surface area contributed by atoms with Crippen molar-refractivity contribution < 1.29 is 13.2 Å². The van der Waals surface area contributed by atoms with Gasteiger partial charge in [0, 0.05) is 38.2 Å². The third-order valence-corrected chi connectivity index (χ3v) is 7.57.